The molecule has 0 unspecified atom stereocenters. The minimum atomic E-state index is -2.15. The SMILES string of the molecule is Fc1c(F)c(F)c([C]2[CH][CH][C]3C=CC=C[C]32)c(F)c1F.[C-]#[O+].[C-]#[O+].[C-]#[O+].[Re]. The number of halogens is 5. The van der Waals surface area contributed by atoms with Crippen molar-refractivity contribution in [2.75, 3.05) is 0 Å². The molecule has 27 heavy (non-hydrogen) atoms. The average Bonchev–Trinajstić information content (AvgIpc) is 3.14. The van der Waals surface area contributed by atoms with Crippen LogP contribution in [0.5, 0.6) is 0 Å². The first kappa shape index (κ1) is 27.5. The van der Waals surface area contributed by atoms with Crippen LogP contribution in [0.2, 0.25) is 0 Å². The van der Waals surface area contributed by atoms with Gasteiger partial charge in [-0.2, -0.15) is 0 Å². The molecular formula is C18H6F5O3Re. The number of fused-ring (bicyclic) bond motifs is 1. The van der Waals surface area contributed by atoms with Gasteiger partial charge in [0.15, 0.2) is 23.3 Å². The fourth-order valence-corrected chi connectivity index (χ4v) is 2.21. The van der Waals surface area contributed by atoms with Gasteiger partial charge in [0.25, 0.3) is 0 Å². The zero-order valence-electron chi connectivity index (χ0n) is 13.0. The molecule has 1 aromatic rings. The Bertz CT molecular complexity index is 712. The number of rotatable bonds is 1. The van der Waals surface area contributed by atoms with Gasteiger partial charge in [-0.1, -0.05) is 24.3 Å². The van der Waals surface area contributed by atoms with Crippen LogP contribution in [0.1, 0.15) is 5.56 Å². The minimum absolute atomic E-state index is 0. The van der Waals surface area contributed by atoms with E-state index < -0.39 is 34.6 Å². The summed E-state index contributed by atoms with van der Waals surface area (Å²) >= 11 is 0. The third-order valence-electron chi connectivity index (χ3n) is 3.16. The predicted octanol–water partition coefficient (Wildman–Crippen LogP) is 3.89. The second-order valence-electron chi connectivity index (χ2n) is 4.28. The molecule has 0 atom stereocenters. The van der Waals surface area contributed by atoms with E-state index in [-0.39, 0.29) is 26.3 Å². The van der Waals surface area contributed by atoms with Crippen LogP contribution in [0.4, 0.5) is 22.0 Å². The van der Waals surface area contributed by atoms with Gasteiger partial charge in [-0.25, -0.2) is 22.0 Å². The van der Waals surface area contributed by atoms with Gasteiger partial charge in [-0.05, 0) is 12.8 Å². The monoisotopic (exact) mass is 552 g/mol. The van der Waals surface area contributed by atoms with E-state index in [9.17, 15) is 22.0 Å². The Balaban J connectivity index is 0. The van der Waals surface area contributed by atoms with Gasteiger partial charge in [0.2, 0.25) is 5.82 Å². The van der Waals surface area contributed by atoms with Crippen LogP contribution in [-0.2, 0) is 34.4 Å². The molecule has 0 N–H and O–H groups in total. The maximum atomic E-state index is 13.8. The third kappa shape index (κ3) is 5.60. The van der Waals surface area contributed by atoms with E-state index in [1.165, 1.54) is 6.42 Å². The van der Waals surface area contributed by atoms with Crippen molar-refractivity contribution in [3.63, 3.8) is 0 Å². The Kier molecular flexibility index (Phi) is 13.6. The molecule has 1 saturated carbocycles. The summed E-state index contributed by atoms with van der Waals surface area (Å²) in [5.41, 5.74) is -0.900. The summed E-state index contributed by atoms with van der Waals surface area (Å²) in [5.74, 6) is -8.61. The van der Waals surface area contributed by atoms with Crippen LogP contribution in [0.25, 0.3) is 0 Å². The largest absolute Gasteiger partial charge is 0 e. The molecular weight excluding hydrogens is 545 g/mol. The van der Waals surface area contributed by atoms with Crippen molar-refractivity contribution < 1.29 is 56.3 Å². The van der Waals surface area contributed by atoms with Crippen LogP contribution in [-0.4, -0.2) is 0 Å². The molecule has 0 saturated heterocycles. The maximum Gasteiger partial charge on any atom is 0 e. The third-order valence-corrected chi connectivity index (χ3v) is 3.16. The molecule has 0 heterocycles. The van der Waals surface area contributed by atoms with Crippen molar-refractivity contribution in [1.29, 1.82) is 0 Å². The maximum absolute atomic E-state index is 13.8. The molecule has 3 nitrogen and oxygen atoms in total. The summed E-state index contributed by atoms with van der Waals surface area (Å²) in [4.78, 5) is 0. The van der Waals surface area contributed by atoms with Crippen molar-refractivity contribution in [3.8, 4) is 0 Å². The van der Waals surface area contributed by atoms with Gasteiger partial charge in [-0.15, -0.1) is 0 Å². The van der Waals surface area contributed by atoms with Crippen LogP contribution in [0.3, 0.4) is 0 Å². The molecule has 138 valence electrons. The summed E-state index contributed by atoms with van der Waals surface area (Å²) in [6, 6.07) is 0. The van der Waals surface area contributed by atoms with Crippen molar-refractivity contribution in [1.82, 2.24) is 0 Å². The zero-order chi connectivity index (χ0) is 20.4. The van der Waals surface area contributed by atoms with E-state index in [0.717, 1.165) is 0 Å². The van der Waals surface area contributed by atoms with Crippen molar-refractivity contribution in [2.24, 2.45) is 0 Å². The Labute approximate surface area is 166 Å². The topological polar surface area (TPSA) is 59.7 Å². The van der Waals surface area contributed by atoms with Crippen LogP contribution < -0.4 is 0 Å². The van der Waals surface area contributed by atoms with Gasteiger partial charge in [0.1, 0.15) is 0 Å². The molecule has 1 fully saturated rings. The van der Waals surface area contributed by atoms with Gasteiger partial charge in [0.05, 0.1) is 0 Å². The molecule has 6 radical (unpaired) electrons. The number of benzene rings is 1. The van der Waals surface area contributed by atoms with Crippen molar-refractivity contribution in [3.05, 3.63) is 110 Å². The molecule has 0 aromatic heterocycles. The van der Waals surface area contributed by atoms with E-state index in [0.29, 0.717) is 11.8 Å². The fraction of sp³-hybridized carbons (Fsp3) is 0. The minimum Gasteiger partial charge on any atom is 0 e. The summed E-state index contributed by atoms with van der Waals surface area (Å²) in [5, 5.41) is 0. The number of hydrogen-bond acceptors (Lipinski definition) is 0. The first-order chi connectivity index (χ1) is 12.5. The normalized spacial score (nSPS) is 14.9. The average molecular weight is 551 g/mol. The van der Waals surface area contributed by atoms with E-state index >= 15 is 0 Å². The number of hydrogen-bond donors (Lipinski definition) is 0. The second-order valence-corrected chi connectivity index (χ2v) is 4.28. The standard InChI is InChI=1S/C15H6F5.3CO.Re/c16-11-10(12(17)14(19)15(20)13(11)18)9-6-5-7-3-1-2-4-8(7)9;3*1-2;/h1-6H;;;;. The van der Waals surface area contributed by atoms with E-state index in [2.05, 4.69) is 20.0 Å². The summed E-state index contributed by atoms with van der Waals surface area (Å²) in [7, 11) is 0. The summed E-state index contributed by atoms with van der Waals surface area (Å²) in [6.45, 7) is 13.5. The Morgan fingerprint density at radius 1 is 0.556 bits per heavy atom. The quantitative estimate of drug-likeness (QED) is 0.167. The first-order valence-corrected chi connectivity index (χ1v) is 6.30. The van der Waals surface area contributed by atoms with Gasteiger partial charge in [0, 0.05) is 43.7 Å². The molecule has 1 aromatic carbocycles. The molecule has 2 aliphatic carbocycles. The van der Waals surface area contributed by atoms with E-state index in [4.69, 9.17) is 14.0 Å². The van der Waals surface area contributed by atoms with Gasteiger partial charge < -0.3 is 0 Å². The number of allylic oxidation sites excluding steroid dienone is 4. The second kappa shape index (κ2) is 13.4. The summed E-state index contributed by atoms with van der Waals surface area (Å²) < 4.78 is 89.5. The molecule has 3 rings (SSSR count). The Morgan fingerprint density at radius 2 is 0.963 bits per heavy atom. The molecule has 0 amide bonds. The Morgan fingerprint density at radius 3 is 1.44 bits per heavy atom. The summed E-state index contributed by atoms with van der Waals surface area (Å²) in [6.07, 6.45) is 9.47. The predicted molar refractivity (Wildman–Crippen MR) is 73.7 cm³/mol. The zero-order valence-corrected chi connectivity index (χ0v) is 15.7. The van der Waals surface area contributed by atoms with E-state index in [1.807, 2.05) is 0 Å². The van der Waals surface area contributed by atoms with Gasteiger partial charge in [-0.3, -0.25) is 0 Å². The van der Waals surface area contributed by atoms with Crippen molar-refractivity contribution in [2.45, 2.75) is 0 Å². The van der Waals surface area contributed by atoms with Crippen LogP contribution in [0, 0.1) is 79.6 Å². The van der Waals surface area contributed by atoms with Gasteiger partial charge >= 0.3 is 33.9 Å². The molecule has 2 aliphatic rings. The van der Waals surface area contributed by atoms with Crippen LogP contribution >= 0.6 is 0 Å². The van der Waals surface area contributed by atoms with Crippen LogP contribution in [0.15, 0.2) is 24.3 Å². The smallest absolute Gasteiger partial charge is 0 e. The van der Waals surface area contributed by atoms with Crippen molar-refractivity contribution >= 4 is 0 Å². The molecule has 0 bridgehead atoms. The first-order valence-electron chi connectivity index (χ1n) is 6.30. The molecule has 0 aliphatic heterocycles. The molecule has 0 spiro atoms. The molecule has 9 heteroatoms. The Hall–Kier alpha value is -1.77. The fourth-order valence-electron chi connectivity index (χ4n) is 2.21. The van der Waals surface area contributed by atoms with E-state index in [1.54, 1.807) is 30.7 Å².